The van der Waals surface area contributed by atoms with Crippen LogP contribution in [0.4, 0.5) is 5.69 Å². The van der Waals surface area contributed by atoms with E-state index in [-0.39, 0.29) is 11.3 Å². The van der Waals surface area contributed by atoms with Gasteiger partial charge in [0.25, 0.3) is 5.91 Å². The molecule has 0 radical (unpaired) electrons. The highest BCUT2D eigenvalue weighted by Gasteiger charge is 2.19. The molecule has 0 heterocycles. The van der Waals surface area contributed by atoms with Crippen LogP contribution in [0.15, 0.2) is 71.8 Å². The van der Waals surface area contributed by atoms with Crippen LogP contribution in [0.25, 0.3) is 0 Å². The molecule has 0 saturated heterocycles. The Morgan fingerprint density at radius 1 is 0.909 bits per heavy atom. The van der Waals surface area contributed by atoms with Gasteiger partial charge in [0.05, 0.1) is 30.9 Å². The van der Waals surface area contributed by atoms with Crippen LogP contribution in [0.2, 0.25) is 0 Å². The van der Waals surface area contributed by atoms with Gasteiger partial charge in [-0.3, -0.25) is 14.9 Å². The number of nitro benzene ring substituents is 1. The molecule has 0 saturated carbocycles. The number of hydrogen-bond donors (Lipinski definition) is 1. The van der Waals surface area contributed by atoms with Gasteiger partial charge in [-0.05, 0) is 60.7 Å². The molecule has 0 fully saturated rings. The first-order valence-corrected chi connectivity index (χ1v) is 9.53. The van der Waals surface area contributed by atoms with Gasteiger partial charge >= 0.3 is 11.7 Å². The molecule has 0 aliphatic carbocycles. The molecular weight excluding hydrogens is 430 g/mol. The van der Waals surface area contributed by atoms with Crippen LogP contribution in [0, 0.1) is 10.1 Å². The monoisotopic (exact) mass is 449 g/mol. The maximum Gasteiger partial charge on any atom is 0.343 e. The zero-order chi connectivity index (χ0) is 23.8. The van der Waals surface area contributed by atoms with Crippen LogP contribution >= 0.6 is 0 Å². The standard InChI is InChI=1S/C23H19N3O7/c1-31-18-8-4-16(5-9-18)22(27)25-24-14-15-3-12-21(20(13-15)26(29)30)33-23(28)17-6-10-19(32-2)11-7-17/h3-14H,1-2H3,(H,25,27). The van der Waals surface area contributed by atoms with Crippen LogP contribution in [0.3, 0.4) is 0 Å². The third-order valence-electron chi connectivity index (χ3n) is 4.44. The van der Waals surface area contributed by atoms with Gasteiger partial charge < -0.3 is 14.2 Å². The predicted octanol–water partition coefficient (Wildman–Crippen LogP) is 3.60. The largest absolute Gasteiger partial charge is 0.497 e. The van der Waals surface area contributed by atoms with Crippen molar-refractivity contribution in [3.8, 4) is 17.2 Å². The molecule has 0 spiro atoms. The van der Waals surface area contributed by atoms with Crippen LogP contribution in [0.5, 0.6) is 17.2 Å². The third-order valence-corrected chi connectivity index (χ3v) is 4.44. The molecule has 0 bridgehead atoms. The second-order valence-electron chi connectivity index (χ2n) is 6.53. The number of nitrogens with zero attached hydrogens (tertiary/aromatic N) is 2. The summed E-state index contributed by atoms with van der Waals surface area (Å²) in [7, 11) is 3.01. The van der Waals surface area contributed by atoms with Gasteiger partial charge in [-0.15, -0.1) is 0 Å². The molecule has 10 heteroatoms. The fourth-order valence-electron chi connectivity index (χ4n) is 2.70. The lowest BCUT2D eigenvalue weighted by atomic mass is 10.2. The molecule has 3 aromatic carbocycles. The minimum Gasteiger partial charge on any atom is -0.497 e. The van der Waals surface area contributed by atoms with Crippen LogP contribution in [0.1, 0.15) is 26.3 Å². The van der Waals surface area contributed by atoms with E-state index in [1.807, 2.05) is 0 Å². The van der Waals surface area contributed by atoms with Crippen molar-refractivity contribution < 1.29 is 28.7 Å². The zero-order valence-corrected chi connectivity index (χ0v) is 17.7. The van der Waals surface area contributed by atoms with Crippen molar-refractivity contribution in [2.24, 2.45) is 5.10 Å². The van der Waals surface area contributed by atoms with E-state index < -0.39 is 22.5 Å². The van der Waals surface area contributed by atoms with Gasteiger partial charge in [0.2, 0.25) is 5.75 Å². The Kier molecular flexibility index (Phi) is 7.32. The summed E-state index contributed by atoms with van der Waals surface area (Å²) in [4.78, 5) is 35.2. The molecule has 1 amide bonds. The van der Waals surface area contributed by atoms with E-state index in [2.05, 4.69) is 10.5 Å². The predicted molar refractivity (Wildman–Crippen MR) is 119 cm³/mol. The number of hydrogen-bond acceptors (Lipinski definition) is 8. The Morgan fingerprint density at radius 2 is 1.48 bits per heavy atom. The summed E-state index contributed by atoms with van der Waals surface area (Å²) in [6, 6.07) is 16.5. The zero-order valence-electron chi connectivity index (χ0n) is 17.7. The van der Waals surface area contributed by atoms with Gasteiger partial charge in [0.1, 0.15) is 11.5 Å². The van der Waals surface area contributed by atoms with Gasteiger partial charge in [-0.1, -0.05) is 0 Å². The lowest BCUT2D eigenvalue weighted by Crippen LogP contribution is -2.17. The number of ether oxygens (including phenoxy) is 3. The van der Waals surface area contributed by atoms with Crippen LogP contribution < -0.4 is 19.6 Å². The van der Waals surface area contributed by atoms with E-state index in [1.54, 1.807) is 36.4 Å². The van der Waals surface area contributed by atoms with E-state index in [4.69, 9.17) is 14.2 Å². The summed E-state index contributed by atoms with van der Waals surface area (Å²) >= 11 is 0. The minimum atomic E-state index is -0.756. The Labute approximate surface area is 188 Å². The number of nitrogens with one attached hydrogen (secondary N) is 1. The van der Waals surface area contributed by atoms with Crippen molar-refractivity contribution in [3.63, 3.8) is 0 Å². The summed E-state index contributed by atoms with van der Waals surface area (Å²) in [5, 5.41) is 15.3. The Balaban J connectivity index is 1.70. The summed E-state index contributed by atoms with van der Waals surface area (Å²) < 4.78 is 15.3. The first kappa shape index (κ1) is 22.9. The fraction of sp³-hybridized carbons (Fsp3) is 0.0870. The lowest BCUT2D eigenvalue weighted by Gasteiger charge is -2.06. The van der Waals surface area contributed by atoms with E-state index in [0.29, 0.717) is 22.6 Å². The number of benzene rings is 3. The normalized spacial score (nSPS) is 10.5. The number of hydrazone groups is 1. The highest BCUT2D eigenvalue weighted by molar-refractivity contribution is 5.95. The van der Waals surface area contributed by atoms with E-state index >= 15 is 0 Å². The molecular formula is C23H19N3O7. The number of carbonyl (C=O) groups excluding carboxylic acids is 2. The summed E-state index contributed by atoms with van der Waals surface area (Å²) in [5.41, 5.74) is 2.79. The topological polar surface area (TPSA) is 129 Å². The highest BCUT2D eigenvalue weighted by atomic mass is 16.6. The number of rotatable bonds is 8. The van der Waals surface area contributed by atoms with E-state index in [9.17, 15) is 19.7 Å². The molecule has 10 nitrogen and oxygen atoms in total. The second kappa shape index (κ2) is 10.5. The van der Waals surface area contributed by atoms with Crippen molar-refractivity contribution in [2.45, 2.75) is 0 Å². The average molecular weight is 449 g/mol. The van der Waals surface area contributed by atoms with E-state index in [0.717, 1.165) is 0 Å². The molecule has 0 aliphatic rings. The molecule has 0 atom stereocenters. The average Bonchev–Trinajstić information content (AvgIpc) is 2.84. The van der Waals surface area contributed by atoms with Crippen molar-refractivity contribution in [3.05, 3.63) is 93.5 Å². The molecule has 168 valence electrons. The van der Waals surface area contributed by atoms with Crippen molar-refractivity contribution in [2.75, 3.05) is 14.2 Å². The van der Waals surface area contributed by atoms with Crippen molar-refractivity contribution in [1.29, 1.82) is 0 Å². The second-order valence-corrected chi connectivity index (χ2v) is 6.53. The third kappa shape index (κ3) is 5.91. The molecule has 0 aliphatic heterocycles. The number of nitro groups is 1. The van der Waals surface area contributed by atoms with Crippen molar-refractivity contribution >= 4 is 23.8 Å². The lowest BCUT2D eigenvalue weighted by molar-refractivity contribution is -0.385. The molecule has 3 aromatic rings. The molecule has 1 N–H and O–H groups in total. The number of amides is 1. The summed E-state index contributed by atoms with van der Waals surface area (Å²) in [6.07, 6.45) is 1.24. The summed E-state index contributed by atoms with van der Waals surface area (Å²) in [6.45, 7) is 0. The number of methoxy groups -OCH3 is 2. The van der Waals surface area contributed by atoms with Crippen LogP contribution in [-0.4, -0.2) is 37.2 Å². The first-order valence-electron chi connectivity index (χ1n) is 9.53. The molecule has 0 unspecified atom stereocenters. The quantitative estimate of drug-likeness (QED) is 0.183. The van der Waals surface area contributed by atoms with Gasteiger partial charge in [-0.25, -0.2) is 10.2 Å². The highest BCUT2D eigenvalue weighted by Crippen LogP contribution is 2.28. The smallest absolute Gasteiger partial charge is 0.343 e. The van der Waals surface area contributed by atoms with Gasteiger partial charge in [-0.2, -0.15) is 5.10 Å². The van der Waals surface area contributed by atoms with Crippen LogP contribution in [-0.2, 0) is 0 Å². The Hall–Kier alpha value is -4.73. The molecule has 0 aromatic heterocycles. The fourth-order valence-corrected chi connectivity index (χ4v) is 2.70. The first-order chi connectivity index (χ1) is 15.9. The maximum atomic E-state index is 12.3. The van der Waals surface area contributed by atoms with E-state index in [1.165, 1.54) is 50.8 Å². The van der Waals surface area contributed by atoms with Gasteiger partial charge in [0.15, 0.2) is 0 Å². The number of esters is 1. The maximum absolute atomic E-state index is 12.3. The van der Waals surface area contributed by atoms with Gasteiger partial charge in [0, 0.05) is 17.2 Å². The minimum absolute atomic E-state index is 0.206. The molecule has 33 heavy (non-hydrogen) atoms. The Bertz CT molecular complexity index is 1190. The Morgan fingerprint density at radius 3 is 2.03 bits per heavy atom. The van der Waals surface area contributed by atoms with Crippen molar-refractivity contribution in [1.82, 2.24) is 5.43 Å². The summed E-state index contributed by atoms with van der Waals surface area (Å²) in [5.74, 6) is -0.280. The number of carbonyl (C=O) groups is 2. The SMILES string of the molecule is COc1ccc(C(=O)NN=Cc2ccc(OC(=O)c3ccc(OC)cc3)c([N+](=O)[O-])c2)cc1. The molecule has 3 rings (SSSR count).